The van der Waals surface area contributed by atoms with Gasteiger partial charge in [0, 0.05) is 6.42 Å². The first-order valence-electron chi connectivity index (χ1n) is 5.49. The highest BCUT2D eigenvalue weighted by atomic mass is 16.4. The summed E-state index contributed by atoms with van der Waals surface area (Å²) in [4.78, 5) is 22.2. The van der Waals surface area contributed by atoms with E-state index in [1.54, 1.807) is 0 Å². The van der Waals surface area contributed by atoms with Gasteiger partial charge in [0.2, 0.25) is 5.91 Å². The highest BCUT2D eigenvalue weighted by Crippen LogP contribution is 2.05. The average molecular weight is 215 g/mol. The van der Waals surface area contributed by atoms with Gasteiger partial charge in [-0.3, -0.25) is 4.79 Å². The second kappa shape index (κ2) is 7.26. The van der Waals surface area contributed by atoms with Crippen LogP contribution in [0.25, 0.3) is 0 Å². The lowest BCUT2D eigenvalue weighted by Gasteiger charge is -2.16. The first-order chi connectivity index (χ1) is 6.97. The van der Waals surface area contributed by atoms with Crippen molar-refractivity contribution in [2.45, 2.75) is 52.5 Å². The Morgan fingerprint density at radius 3 is 2.33 bits per heavy atom. The van der Waals surface area contributed by atoms with E-state index in [1.165, 1.54) is 0 Å². The molecule has 4 nitrogen and oxygen atoms in total. The zero-order valence-electron chi connectivity index (χ0n) is 9.75. The van der Waals surface area contributed by atoms with E-state index in [2.05, 4.69) is 5.32 Å². The molecule has 0 radical (unpaired) electrons. The molecule has 0 rings (SSSR count). The van der Waals surface area contributed by atoms with Crippen LogP contribution < -0.4 is 5.32 Å². The molecule has 15 heavy (non-hydrogen) atoms. The van der Waals surface area contributed by atoms with Crippen LogP contribution in [0.15, 0.2) is 0 Å². The number of aliphatic carboxylic acids is 1. The van der Waals surface area contributed by atoms with E-state index in [0.29, 0.717) is 12.8 Å². The summed E-state index contributed by atoms with van der Waals surface area (Å²) < 4.78 is 0. The number of unbranched alkanes of at least 4 members (excludes halogenated alkanes) is 1. The summed E-state index contributed by atoms with van der Waals surface area (Å²) in [6, 6.07) is -0.741. The van der Waals surface area contributed by atoms with Gasteiger partial charge in [-0.05, 0) is 18.8 Å². The summed E-state index contributed by atoms with van der Waals surface area (Å²) in [5.74, 6) is -0.851. The quantitative estimate of drug-likeness (QED) is 0.680. The highest BCUT2D eigenvalue weighted by Gasteiger charge is 2.20. The molecule has 0 aromatic carbocycles. The van der Waals surface area contributed by atoms with Crippen molar-refractivity contribution in [1.82, 2.24) is 5.32 Å². The topological polar surface area (TPSA) is 66.4 Å². The van der Waals surface area contributed by atoms with Gasteiger partial charge in [-0.25, -0.2) is 4.79 Å². The molecule has 0 aliphatic carbocycles. The molecule has 0 aliphatic rings. The molecule has 0 saturated carbocycles. The van der Waals surface area contributed by atoms with Crippen molar-refractivity contribution in [2.24, 2.45) is 5.92 Å². The summed E-state index contributed by atoms with van der Waals surface area (Å²) in [5.41, 5.74) is 0. The van der Waals surface area contributed by atoms with Crippen molar-refractivity contribution >= 4 is 11.9 Å². The Hall–Kier alpha value is -1.06. The van der Waals surface area contributed by atoms with Gasteiger partial charge in [0.25, 0.3) is 0 Å². The first kappa shape index (κ1) is 13.9. The zero-order chi connectivity index (χ0) is 11.8. The smallest absolute Gasteiger partial charge is 0.326 e. The molecule has 1 atom stereocenters. The number of carboxylic acids is 1. The number of carbonyl (C=O) groups excluding carboxylic acids is 1. The molecule has 0 spiro atoms. The van der Waals surface area contributed by atoms with E-state index in [0.717, 1.165) is 12.8 Å². The second-order valence-electron chi connectivity index (χ2n) is 4.19. The van der Waals surface area contributed by atoms with E-state index >= 15 is 0 Å². The third-order valence-corrected chi connectivity index (χ3v) is 2.10. The Bertz CT molecular complexity index is 214. The SMILES string of the molecule is CCCCC(=O)N[C@H](CC(C)C)C(=O)O. The summed E-state index contributed by atoms with van der Waals surface area (Å²) in [6.07, 6.45) is 2.64. The maximum absolute atomic E-state index is 11.3. The molecule has 0 saturated heterocycles. The van der Waals surface area contributed by atoms with Crippen molar-refractivity contribution in [3.63, 3.8) is 0 Å². The summed E-state index contributed by atoms with van der Waals surface area (Å²) in [6.45, 7) is 5.87. The number of carboxylic acid groups (broad SMARTS) is 1. The van der Waals surface area contributed by atoms with Gasteiger partial charge >= 0.3 is 5.97 Å². The van der Waals surface area contributed by atoms with Crippen molar-refractivity contribution in [3.8, 4) is 0 Å². The lowest BCUT2D eigenvalue weighted by atomic mass is 10.0. The van der Waals surface area contributed by atoms with Gasteiger partial charge < -0.3 is 10.4 Å². The lowest BCUT2D eigenvalue weighted by Crippen LogP contribution is -2.41. The minimum Gasteiger partial charge on any atom is -0.480 e. The predicted octanol–water partition coefficient (Wildman–Crippen LogP) is 1.79. The second-order valence-corrected chi connectivity index (χ2v) is 4.19. The van der Waals surface area contributed by atoms with Gasteiger partial charge in [-0.2, -0.15) is 0 Å². The maximum atomic E-state index is 11.3. The molecule has 4 heteroatoms. The van der Waals surface area contributed by atoms with Gasteiger partial charge in [-0.15, -0.1) is 0 Å². The molecule has 0 heterocycles. The summed E-state index contributed by atoms with van der Waals surface area (Å²) >= 11 is 0. The molecule has 0 unspecified atom stereocenters. The minimum atomic E-state index is -0.950. The van der Waals surface area contributed by atoms with E-state index in [-0.39, 0.29) is 11.8 Å². The van der Waals surface area contributed by atoms with Crippen LogP contribution in [-0.4, -0.2) is 23.0 Å². The number of amides is 1. The molecule has 2 N–H and O–H groups in total. The summed E-state index contributed by atoms with van der Waals surface area (Å²) in [5, 5.41) is 11.4. The zero-order valence-corrected chi connectivity index (χ0v) is 9.75. The molecular formula is C11H21NO3. The predicted molar refractivity (Wildman–Crippen MR) is 58.5 cm³/mol. The van der Waals surface area contributed by atoms with Crippen molar-refractivity contribution < 1.29 is 14.7 Å². The van der Waals surface area contributed by atoms with Crippen molar-refractivity contribution in [2.75, 3.05) is 0 Å². The monoisotopic (exact) mass is 215 g/mol. The Morgan fingerprint density at radius 1 is 1.33 bits per heavy atom. The molecule has 0 bridgehead atoms. The van der Waals surface area contributed by atoms with E-state index < -0.39 is 12.0 Å². The number of rotatable bonds is 7. The van der Waals surface area contributed by atoms with Crippen LogP contribution in [-0.2, 0) is 9.59 Å². The van der Waals surface area contributed by atoms with Crippen LogP contribution in [0.5, 0.6) is 0 Å². The molecule has 0 aromatic heterocycles. The lowest BCUT2D eigenvalue weighted by molar-refractivity contribution is -0.142. The molecule has 0 fully saturated rings. The fraction of sp³-hybridized carbons (Fsp3) is 0.818. The van der Waals surface area contributed by atoms with Crippen LogP contribution in [0, 0.1) is 5.92 Å². The number of carbonyl (C=O) groups is 2. The largest absolute Gasteiger partial charge is 0.480 e. The fourth-order valence-corrected chi connectivity index (χ4v) is 1.30. The standard InChI is InChI=1S/C11H21NO3/c1-4-5-6-10(13)12-9(11(14)15)7-8(2)3/h8-9H,4-7H2,1-3H3,(H,12,13)(H,14,15)/t9-/m1/s1. The van der Waals surface area contributed by atoms with E-state index in [1.807, 2.05) is 20.8 Å². The van der Waals surface area contributed by atoms with Gasteiger partial charge in [0.05, 0.1) is 0 Å². The van der Waals surface area contributed by atoms with Gasteiger partial charge in [0.1, 0.15) is 6.04 Å². The molecule has 0 aliphatic heterocycles. The number of hydrogen-bond acceptors (Lipinski definition) is 2. The van der Waals surface area contributed by atoms with Crippen LogP contribution >= 0.6 is 0 Å². The maximum Gasteiger partial charge on any atom is 0.326 e. The Balaban J connectivity index is 4.05. The van der Waals surface area contributed by atoms with Crippen LogP contribution in [0.4, 0.5) is 0 Å². The minimum absolute atomic E-state index is 0.162. The Labute approximate surface area is 91.1 Å². The van der Waals surface area contributed by atoms with Crippen LogP contribution in [0.1, 0.15) is 46.5 Å². The third kappa shape index (κ3) is 6.94. The number of hydrogen-bond donors (Lipinski definition) is 2. The van der Waals surface area contributed by atoms with Crippen molar-refractivity contribution in [3.05, 3.63) is 0 Å². The highest BCUT2D eigenvalue weighted by molar-refractivity contribution is 5.83. The third-order valence-electron chi connectivity index (χ3n) is 2.10. The van der Waals surface area contributed by atoms with Crippen LogP contribution in [0.2, 0.25) is 0 Å². The molecule has 88 valence electrons. The van der Waals surface area contributed by atoms with Crippen LogP contribution in [0.3, 0.4) is 0 Å². The average Bonchev–Trinajstić information content (AvgIpc) is 2.12. The molecule has 1 amide bonds. The first-order valence-corrected chi connectivity index (χ1v) is 5.49. The Morgan fingerprint density at radius 2 is 1.93 bits per heavy atom. The van der Waals surface area contributed by atoms with Gasteiger partial charge in [0.15, 0.2) is 0 Å². The van der Waals surface area contributed by atoms with Crippen molar-refractivity contribution in [1.29, 1.82) is 0 Å². The molecule has 0 aromatic rings. The normalized spacial score (nSPS) is 12.5. The van der Waals surface area contributed by atoms with Gasteiger partial charge in [-0.1, -0.05) is 27.2 Å². The number of nitrogens with one attached hydrogen (secondary N) is 1. The van der Waals surface area contributed by atoms with E-state index in [9.17, 15) is 9.59 Å². The fourth-order valence-electron chi connectivity index (χ4n) is 1.30. The summed E-state index contributed by atoms with van der Waals surface area (Å²) in [7, 11) is 0. The molecular weight excluding hydrogens is 194 g/mol. The Kier molecular flexibility index (Phi) is 6.75. The van der Waals surface area contributed by atoms with E-state index in [4.69, 9.17) is 5.11 Å².